The molecule has 2 amide bonds. The van der Waals surface area contributed by atoms with Crippen molar-refractivity contribution in [1.82, 2.24) is 20.0 Å². The van der Waals surface area contributed by atoms with Crippen LogP contribution in [0.25, 0.3) is 0 Å². The molecular weight excluding hydrogens is 312 g/mol. The highest BCUT2D eigenvalue weighted by atomic mass is 16.2. The Bertz CT molecular complexity index is 538. The van der Waals surface area contributed by atoms with Gasteiger partial charge in [-0.3, -0.25) is 4.90 Å². The average Bonchev–Trinajstić information content (AvgIpc) is 2.60. The number of nitrogens with zero attached hydrogens (tertiary/aromatic N) is 3. The fourth-order valence-corrected chi connectivity index (χ4v) is 3.61. The molecule has 1 aromatic carbocycles. The van der Waals surface area contributed by atoms with Gasteiger partial charge in [-0.25, -0.2) is 4.79 Å². The molecule has 0 bridgehead atoms. The number of amides is 2. The lowest BCUT2D eigenvalue weighted by Gasteiger charge is -2.36. The number of hydrogen-bond donors (Lipinski definition) is 1. The molecule has 1 N–H and O–H groups in total. The molecule has 0 aromatic heterocycles. The molecule has 1 aliphatic heterocycles. The molecule has 1 saturated carbocycles. The van der Waals surface area contributed by atoms with Crippen molar-refractivity contribution in [3.05, 3.63) is 35.9 Å². The monoisotopic (exact) mass is 344 g/mol. The molecule has 0 spiro atoms. The van der Waals surface area contributed by atoms with Gasteiger partial charge in [-0.2, -0.15) is 0 Å². The quantitative estimate of drug-likeness (QED) is 0.861. The van der Waals surface area contributed by atoms with Crippen LogP contribution in [0.2, 0.25) is 0 Å². The summed E-state index contributed by atoms with van der Waals surface area (Å²) in [5.74, 6) is 0.698. The molecule has 25 heavy (non-hydrogen) atoms. The number of nitrogens with one attached hydrogen (secondary N) is 1. The van der Waals surface area contributed by atoms with Crippen LogP contribution in [-0.4, -0.2) is 74.1 Å². The Morgan fingerprint density at radius 2 is 1.88 bits per heavy atom. The number of carbonyl (C=O) groups excluding carboxylic acids is 1. The third-order valence-electron chi connectivity index (χ3n) is 5.64. The summed E-state index contributed by atoms with van der Waals surface area (Å²) in [6, 6.07) is 10.5. The summed E-state index contributed by atoms with van der Waals surface area (Å²) >= 11 is 0. The van der Waals surface area contributed by atoms with Crippen LogP contribution in [0.4, 0.5) is 4.79 Å². The number of piperazine rings is 1. The molecule has 1 atom stereocenters. The highest BCUT2D eigenvalue weighted by Crippen LogP contribution is 2.27. The van der Waals surface area contributed by atoms with Crippen molar-refractivity contribution in [3.8, 4) is 0 Å². The Morgan fingerprint density at radius 3 is 2.48 bits per heavy atom. The molecule has 138 valence electrons. The molecule has 0 radical (unpaired) electrons. The largest absolute Gasteiger partial charge is 0.330 e. The number of rotatable bonds is 6. The van der Waals surface area contributed by atoms with Gasteiger partial charge in [-0.05, 0) is 31.4 Å². The predicted molar refractivity (Wildman–Crippen MR) is 102 cm³/mol. The third kappa shape index (κ3) is 5.19. The molecule has 5 heteroatoms. The first-order valence-electron chi connectivity index (χ1n) is 9.59. The summed E-state index contributed by atoms with van der Waals surface area (Å²) in [6.07, 6.45) is 3.85. The van der Waals surface area contributed by atoms with E-state index in [2.05, 4.69) is 46.4 Å². The normalized spacial score (nSPS) is 20.7. The highest BCUT2D eigenvalue weighted by molar-refractivity contribution is 5.74. The highest BCUT2D eigenvalue weighted by Gasteiger charge is 2.25. The maximum atomic E-state index is 12.7. The molecule has 2 aliphatic rings. The predicted octanol–water partition coefficient (Wildman–Crippen LogP) is 2.42. The van der Waals surface area contributed by atoms with Crippen molar-refractivity contribution in [3.63, 3.8) is 0 Å². The van der Waals surface area contributed by atoms with E-state index in [0.29, 0.717) is 5.92 Å². The van der Waals surface area contributed by atoms with E-state index in [-0.39, 0.29) is 12.1 Å². The molecule has 1 aliphatic carbocycles. The second kappa shape index (κ2) is 8.68. The van der Waals surface area contributed by atoms with Gasteiger partial charge >= 0.3 is 6.03 Å². The zero-order valence-electron chi connectivity index (χ0n) is 15.7. The van der Waals surface area contributed by atoms with Gasteiger partial charge in [0, 0.05) is 46.3 Å². The van der Waals surface area contributed by atoms with Crippen LogP contribution in [0, 0.1) is 5.92 Å². The van der Waals surface area contributed by atoms with Crippen molar-refractivity contribution >= 4 is 6.03 Å². The molecule has 0 unspecified atom stereocenters. The molecule has 1 heterocycles. The summed E-state index contributed by atoms with van der Waals surface area (Å²) < 4.78 is 0. The number of hydrogen-bond acceptors (Lipinski definition) is 3. The lowest BCUT2D eigenvalue weighted by atomic mass is 9.85. The topological polar surface area (TPSA) is 38.8 Å². The fourth-order valence-electron chi connectivity index (χ4n) is 3.61. The van der Waals surface area contributed by atoms with Crippen molar-refractivity contribution < 1.29 is 4.79 Å². The Kier molecular flexibility index (Phi) is 6.32. The first kappa shape index (κ1) is 18.2. The van der Waals surface area contributed by atoms with Crippen molar-refractivity contribution in [1.29, 1.82) is 0 Å². The number of carbonyl (C=O) groups is 1. The van der Waals surface area contributed by atoms with Gasteiger partial charge in [0.05, 0.1) is 6.04 Å². The molecule has 1 aromatic rings. The first-order chi connectivity index (χ1) is 12.1. The SMILES string of the molecule is CN1CCN(C[C@@H](NC(=O)N(C)CC2CCC2)c2ccccc2)CC1. The number of benzene rings is 1. The minimum absolute atomic E-state index is 0.0425. The smallest absolute Gasteiger partial charge is 0.317 e. The van der Waals surface area contributed by atoms with E-state index in [9.17, 15) is 4.79 Å². The van der Waals surface area contributed by atoms with Crippen LogP contribution in [0.15, 0.2) is 30.3 Å². The second-order valence-corrected chi connectivity index (χ2v) is 7.69. The lowest BCUT2D eigenvalue weighted by molar-refractivity contribution is 0.138. The van der Waals surface area contributed by atoms with E-state index in [1.807, 2.05) is 18.0 Å². The van der Waals surface area contributed by atoms with E-state index < -0.39 is 0 Å². The Balaban J connectivity index is 1.60. The van der Waals surface area contributed by atoms with Crippen molar-refractivity contribution in [2.24, 2.45) is 5.92 Å². The molecule has 3 rings (SSSR count). The van der Waals surface area contributed by atoms with Gasteiger partial charge in [0.25, 0.3) is 0 Å². The number of urea groups is 1. The zero-order chi connectivity index (χ0) is 17.6. The van der Waals surface area contributed by atoms with Gasteiger partial charge in [0.15, 0.2) is 0 Å². The van der Waals surface area contributed by atoms with Crippen LogP contribution in [0.3, 0.4) is 0 Å². The van der Waals surface area contributed by atoms with Gasteiger partial charge in [-0.1, -0.05) is 36.8 Å². The van der Waals surface area contributed by atoms with E-state index in [1.54, 1.807) is 0 Å². The summed E-state index contributed by atoms with van der Waals surface area (Å²) in [5.41, 5.74) is 1.19. The summed E-state index contributed by atoms with van der Waals surface area (Å²) in [7, 11) is 4.09. The molecule has 5 nitrogen and oxygen atoms in total. The third-order valence-corrected chi connectivity index (χ3v) is 5.64. The zero-order valence-corrected chi connectivity index (χ0v) is 15.7. The fraction of sp³-hybridized carbons (Fsp3) is 0.650. The standard InChI is InChI=1S/C20H32N4O/c1-22-11-13-24(14-12-22)16-19(18-9-4-3-5-10-18)21-20(25)23(2)15-17-7-6-8-17/h3-5,9-10,17,19H,6-8,11-16H2,1-2H3,(H,21,25)/t19-/m1/s1. The summed E-state index contributed by atoms with van der Waals surface area (Å²) in [5, 5.41) is 3.28. The lowest BCUT2D eigenvalue weighted by Crippen LogP contribution is -2.49. The van der Waals surface area contributed by atoms with Crippen LogP contribution in [0.5, 0.6) is 0 Å². The second-order valence-electron chi connectivity index (χ2n) is 7.69. The summed E-state index contributed by atoms with van der Waals surface area (Å²) in [6.45, 7) is 6.07. The Labute approximate surface area is 152 Å². The van der Waals surface area contributed by atoms with Gasteiger partial charge in [-0.15, -0.1) is 0 Å². The molecule has 2 fully saturated rings. The number of likely N-dealkylation sites (N-methyl/N-ethyl adjacent to an activating group) is 1. The van der Waals surface area contributed by atoms with E-state index in [0.717, 1.165) is 39.3 Å². The minimum Gasteiger partial charge on any atom is -0.330 e. The van der Waals surface area contributed by atoms with Crippen molar-refractivity contribution in [2.45, 2.75) is 25.3 Å². The Morgan fingerprint density at radius 1 is 1.20 bits per heavy atom. The van der Waals surface area contributed by atoms with Gasteiger partial charge < -0.3 is 15.1 Å². The van der Waals surface area contributed by atoms with Crippen LogP contribution in [0.1, 0.15) is 30.9 Å². The summed E-state index contributed by atoms with van der Waals surface area (Å²) in [4.78, 5) is 19.4. The van der Waals surface area contributed by atoms with E-state index >= 15 is 0 Å². The molecular formula is C20H32N4O. The van der Waals surface area contributed by atoms with Crippen molar-refractivity contribution in [2.75, 3.05) is 53.4 Å². The van der Waals surface area contributed by atoms with Gasteiger partial charge in [0.2, 0.25) is 0 Å². The first-order valence-corrected chi connectivity index (χ1v) is 9.59. The maximum Gasteiger partial charge on any atom is 0.317 e. The average molecular weight is 345 g/mol. The molecule has 1 saturated heterocycles. The van der Waals surface area contributed by atoms with E-state index in [1.165, 1.54) is 24.8 Å². The van der Waals surface area contributed by atoms with Crippen LogP contribution in [-0.2, 0) is 0 Å². The van der Waals surface area contributed by atoms with E-state index in [4.69, 9.17) is 0 Å². The van der Waals surface area contributed by atoms with Crippen LogP contribution >= 0.6 is 0 Å². The minimum atomic E-state index is 0.0425. The van der Waals surface area contributed by atoms with Crippen LogP contribution < -0.4 is 5.32 Å². The van der Waals surface area contributed by atoms with Gasteiger partial charge in [0.1, 0.15) is 0 Å². The maximum absolute atomic E-state index is 12.7. The Hall–Kier alpha value is -1.59.